The molecule has 4 aromatic rings. The Hall–Kier alpha value is -3.86. The molecule has 1 fully saturated rings. The van der Waals surface area contributed by atoms with E-state index in [4.69, 9.17) is 9.47 Å². The quantitative estimate of drug-likeness (QED) is 0.344. The van der Waals surface area contributed by atoms with E-state index in [1.165, 1.54) is 13.2 Å². The summed E-state index contributed by atoms with van der Waals surface area (Å²) < 4.78 is 40.0. The average molecular weight is 561 g/mol. The standard InChI is InChI=1S/C30H32N4O5S/c1-30(2,20-34-15-17-39-18-16-34)21-10-13-27(38-3)28(19-21)40(36,37)33-29(35)26-12-11-23-22(7-6-9-25(23)32-26)24-8-4-5-14-31-24/h4-14,19H,15-18,20H2,1-3H3,(H,33,35). The van der Waals surface area contributed by atoms with Crippen LogP contribution in [-0.2, 0) is 20.2 Å². The van der Waals surface area contributed by atoms with Gasteiger partial charge in [0.25, 0.3) is 15.9 Å². The summed E-state index contributed by atoms with van der Waals surface area (Å²) >= 11 is 0. The summed E-state index contributed by atoms with van der Waals surface area (Å²) in [5.41, 5.74) is 2.64. The second-order valence-electron chi connectivity index (χ2n) is 10.4. The van der Waals surface area contributed by atoms with Gasteiger partial charge in [0.15, 0.2) is 0 Å². The molecule has 0 atom stereocenters. The molecule has 40 heavy (non-hydrogen) atoms. The van der Waals surface area contributed by atoms with Crippen LogP contribution in [0.4, 0.5) is 0 Å². The molecule has 2 aromatic carbocycles. The van der Waals surface area contributed by atoms with Crippen LogP contribution in [0.15, 0.2) is 77.8 Å². The first-order valence-electron chi connectivity index (χ1n) is 13.0. The molecule has 1 aliphatic rings. The lowest BCUT2D eigenvalue weighted by Gasteiger charge is -2.35. The van der Waals surface area contributed by atoms with Crippen molar-refractivity contribution in [3.63, 3.8) is 0 Å². The maximum absolute atomic E-state index is 13.5. The lowest BCUT2D eigenvalue weighted by atomic mass is 9.84. The molecule has 0 spiro atoms. The van der Waals surface area contributed by atoms with Gasteiger partial charge in [0.2, 0.25) is 0 Å². The zero-order chi connectivity index (χ0) is 28.3. The van der Waals surface area contributed by atoms with Crippen LogP contribution in [-0.4, -0.2) is 69.2 Å². The Labute approximate surface area is 234 Å². The fourth-order valence-electron chi connectivity index (χ4n) is 4.97. The van der Waals surface area contributed by atoms with Crippen LogP contribution < -0.4 is 9.46 Å². The van der Waals surface area contributed by atoms with Crippen molar-refractivity contribution >= 4 is 26.8 Å². The summed E-state index contributed by atoms with van der Waals surface area (Å²) in [5, 5.41) is 0.803. The topological polar surface area (TPSA) is 111 Å². The largest absolute Gasteiger partial charge is 0.495 e. The molecule has 1 aliphatic heterocycles. The van der Waals surface area contributed by atoms with Gasteiger partial charge in [-0.05, 0) is 48.0 Å². The normalized spacial score (nSPS) is 14.7. The summed E-state index contributed by atoms with van der Waals surface area (Å²) in [6, 6.07) is 19.5. The third-order valence-electron chi connectivity index (χ3n) is 7.09. The number of sulfonamides is 1. The molecule has 0 saturated carbocycles. The fourth-order valence-corrected chi connectivity index (χ4v) is 6.13. The van der Waals surface area contributed by atoms with Crippen molar-refractivity contribution in [2.45, 2.75) is 24.2 Å². The van der Waals surface area contributed by atoms with Crippen LogP contribution in [0.1, 0.15) is 29.9 Å². The Morgan fingerprint density at radius 1 is 1.05 bits per heavy atom. The van der Waals surface area contributed by atoms with Crippen molar-refractivity contribution in [3.05, 3.63) is 84.2 Å². The zero-order valence-corrected chi connectivity index (χ0v) is 23.6. The number of nitrogens with zero attached hydrogens (tertiary/aromatic N) is 3. The number of ether oxygens (including phenoxy) is 2. The van der Waals surface area contributed by atoms with Crippen molar-refractivity contribution in [2.75, 3.05) is 40.0 Å². The van der Waals surface area contributed by atoms with Gasteiger partial charge in [-0.3, -0.25) is 14.7 Å². The number of hydrogen-bond donors (Lipinski definition) is 1. The van der Waals surface area contributed by atoms with E-state index >= 15 is 0 Å². The molecule has 2 aromatic heterocycles. The highest BCUT2D eigenvalue weighted by atomic mass is 32.2. The number of morpholine rings is 1. The summed E-state index contributed by atoms with van der Waals surface area (Å²) in [7, 11) is -2.88. The van der Waals surface area contributed by atoms with Gasteiger partial charge in [0.05, 0.1) is 31.5 Å². The van der Waals surface area contributed by atoms with Crippen molar-refractivity contribution < 1.29 is 22.7 Å². The third-order valence-corrected chi connectivity index (χ3v) is 8.44. The highest BCUT2D eigenvalue weighted by molar-refractivity contribution is 7.90. The molecule has 3 heterocycles. The Kier molecular flexibility index (Phi) is 7.84. The van der Waals surface area contributed by atoms with Gasteiger partial charge in [-0.1, -0.05) is 38.1 Å². The molecule has 208 valence electrons. The number of nitrogens with one attached hydrogen (secondary N) is 1. The Morgan fingerprint density at radius 3 is 2.58 bits per heavy atom. The van der Waals surface area contributed by atoms with Gasteiger partial charge in [0.1, 0.15) is 16.3 Å². The number of benzene rings is 2. The number of carbonyl (C=O) groups excluding carboxylic acids is 1. The van der Waals surface area contributed by atoms with E-state index in [1.54, 1.807) is 30.5 Å². The summed E-state index contributed by atoms with van der Waals surface area (Å²) in [5.74, 6) is -0.678. The Balaban J connectivity index is 1.41. The molecule has 0 aliphatic carbocycles. The van der Waals surface area contributed by atoms with Crippen molar-refractivity contribution in [1.82, 2.24) is 19.6 Å². The summed E-state index contributed by atoms with van der Waals surface area (Å²) in [6.07, 6.45) is 1.71. The van der Waals surface area contributed by atoms with Crippen molar-refractivity contribution in [2.24, 2.45) is 0 Å². The lowest BCUT2D eigenvalue weighted by Crippen LogP contribution is -2.43. The molecule has 0 unspecified atom stereocenters. The van der Waals surface area contributed by atoms with Gasteiger partial charge in [-0.15, -0.1) is 0 Å². The van der Waals surface area contributed by atoms with Crippen LogP contribution >= 0.6 is 0 Å². The Morgan fingerprint density at radius 2 is 1.85 bits per heavy atom. The predicted octanol–water partition coefficient (Wildman–Crippen LogP) is 4.03. The van der Waals surface area contributed by atoms with Gasteiger partial charge in [-0.2, -0.15) is 0 Å². The Bertz CT molecular complexity index is 1640. The molecule has 1 saturated heterocycles. The number of carbonyl (C=O) groups is 1. The first-order valence-corrected chi connectivity index (χ1v) is 14.5. The fraction of sp³-hybridized carbons (Fsp3) is 0.300. The highest BCUT2D eigenvalue weighted by Crippen LogP contribution is 2.32. The molecular weight excluding hydrogens is 528 g/mol. The minimum atomic E-state index is -4.28. The molecule has 10 heteroatoms. The number of pyridine rings is 2. The first-order chi connectivity index (χ1) is 19.2. The van der Waals surface area contributed by atoms with Crippen LogP contribution in [0.2, 0.25) is 0 Å². The van der Waals surface area contributed by atoms with E-state index in [1.807, 2.05) is 36.4 Å². The monoisotopic (exact) mass is 560 g/mol. The van der Waals surface area contributed by atoms with Crippen LogP contribution in [0, 0.1) is 0 Å². The number of amides is 1. The van der Waals surface area contributed by atoms with Crippen LogP contribution in [0.25, 0.3) is 22.2 Å². The van der Waals surface area contributed by atoms with Crippen LogP contribution in [0.5, 0.6) is 5.75 Å². The van der Waals surface area contributed by atoms with E-state index in [2.05, 4.69) is 33.4 Å². The summed E-state index contributed by atoms with van der Waals surface area (Å²) in [4.78, 5) is 24.2. The molecule has 0 radical (unpaired) electrons. The van der Waals surface area contributed by atoms with Crippen LogP contribution in [0.3, 0.4) is 0 Å². The van der Waals surface area contributed by atoms with E-state index in [0.29, 0.717) is 18.7 Å². The summed E-state index contributed by atoms with van der Waals surface area (Å²) in [6.45, 7) is 7.87. The highest BCUT2D eigenvalue weighted by Gasteiger charge is 2.30. The third kappa shape index (κ3) is 5.84. The number of aromatic nitrogens is 2. The van der Waals surface area contributed by atoms with E-state index in [-0.39, 0.29) is 21.8 Å². The number of methoxy groups -OCH3 is 1. The van der Waals surface area contributed by atoms with Crippen molar-refractivity contribution in [3.8, 4) is 17.0 Å². The van der Waals surface area contributed by atoms with Crippen molar-refractivity contribution in [1.29, 1.82) is 0 Å². The maximum Gasteiger partial charge on any atom is 0.283 e. The maximum atomic E-state index is 13.5. The van der Waals surface area contributed by atoms with E-state index in [0.717, 1.165) is 41.8 Å². The molecule has 0 bridgehead atoms. The van der Waals surface area contributed by atoms with E-state index < -0.39 is 15.9 Å². The minimum Gasteiger partial charge on any atom is -0.495 e. The SMILES string of the molecule is COc1ccc(C(C)(C)CN2CCOCC2)cc1S(=O)(=O)NC(=O)c1ccc2c(-c3ccccn3)cccc2n1. The smallest absolute Gasteiger partial charge is 0.283 e. The van der Waals surface area contributed by atoms with Gasteiger partial charge in [-0.25, -0.2) is 18.1 Å². The number of fused-ring (bicyclic) bond motifs is 1. The zero-order valence-electron chi connectivity index (χ0n) is 22.8. The number of hydrogen-bond acceptors (Lipinski definition) is 8. The van der Waals surface area contributed by atoms with E-state index in [9.17, 15) is 13.2 Å². The predicted molar refractivity (Wildman–Crippen MR) is 153 cm³/mol. The molecule has 1 N–H and O–H groups in total. The minimum absolute atomic E-state index is 0.0167. The lowest BCUT2D eigenvalue weighted by molar-refractivity contribution is 0.0295. The van der Waals surface area contributed by atoms with Gasteiger partial charge < -0.3 is 9.47 Å². The van der Waals surface area contributed by atoms with Gasteiger partial charge >= 0.3 is 0 Å². The number of rotatable bonds is 8. The average Bonchev–Trinajstić information content (AvgIpc) is 2.96. The molecule has 1 amide bonds. The van der Waals surface area contributed by atoms with Gasteiger partial charge in [0, 0.05) is 42.2 Å². The molecular formula is C30H32N4O5S. The second kappa shape index (κ2) is 11.3. The first kappa shape index (κ1) is 27.7. The molecule has 9 nitrogen and oxygen atoms in total. The second-order valence-corrected chi connectivity index (χ2v) is 12.0. The molecule has 5 rings (SSSR count).